The molecule has 0 spiro atoms. The first-order valence-electron chi connectivity index (χ1n) is 8.94. The number of nitrogens with zero attached hydrogens (tertiary/aromatic N) is 4. The summed E-state index contributed by atoms with van der Waals surface area (Å²) in [5.41, 5.74) is 3.29. The highest BCUT2D eigenvalue weighted by Gasteiger charge is 2.29. The van der Waals surface area contributed by atoms with Crippen LogP contribution in [-0.2, 0) is 11.3 Å². The maximum atomic E-state index is 12.9. The molecule has 3 aromatic rings. The van der Waals surface area contributed by atoms with Gasteiger partial charge >= 0.3 is 0 Å². The van der Waals surface area contributed by atoms with Gasteiger partial charge in [0.2, 0.25) is 5.91 Å². The summed E-state index contributed by atoms with van der Waals surface area (Å²) in [5.74, 6) is 0.193. The lowest BCUT2D eigenvalue weighted by Crippen LogP contribution is -2.39. The number of amides is 1. The maximum absolute atomic E-state index is 12.9. The molecule has 1 aliphatic heterocycles. The number of hydrogen-bond donors (Lipinski definition) is 1. The molecule has 6 heteroatoms. The molecular weight excluding hydrogens is 314 g/mol. The van der Waals surface area contributed by atoms with E-state index in [2.05, 4.69) is 15.3 Å². The number of carbonyl (C=O) groups is 1. The molecule has 0 unspecified atom stereocenters. The molecule has 3 heterocycles. The van der Waals surface area contributed by atoms with Gasteiger partial charge in [0.1, 0.15) is 0 Å². The number of para-hydroxylation sites is 1. The molecule has 1 N–H and O–H groups in total. The van der Waals surface area contributed by atoms with Gasteiger partial charge in [0.15, 0.2) is 0 Å². The number of H-pyrrole nitrogens is 1. The minimum absolute atomic E-state index is 0.123. The van der Waals surface area contributed by atoms with Gasteiger partial charge in [0.05, 0.1) is 36.2 Å². The van der Waals surface area contributed by atoms with Crippen LogP contribution in [0, 0.1) is 6.92 Å². The predicted molar refractivity (Wildman–Crippen MR) is 96.0 cm³/mol. The first-order valence-corrected chi connectivity index (χ1v) is 8.94. The Kier molecular flexibility index (Phi) is 4.26. The van der Waals surface area contributed by atoms with Crippen molar-refractivity contribution in [3.63, 3.8) is 0 Å². The van der Waals surface area contributed by atoms with Crippen molar-refractivity contribution in [2.24, 2.45) is 0 Å². The van der Waals surface area contributed by atoms with Gasteiger partial charge < -0.3 is 4.90 Å². The van der Waals surface area contributed by atoms with Crippen LogP contribution in [0.15, 0.2) is 36.7 Å². The van der Waals surface area contributed by atoms with E-state index < -0.39 is 0 Å². The summed E-state index contributed by atoms with van der Waals surface area (Å²) in [4.78, 5) is 14.9. The maximum Gasteiger partial charge on any atom is 0.224 e. The quantitative estimate of drug-likeness (QED) is 0.795. The molecule has 2 aromatic heterocycles. The van der Waals surface area contributed by atoms with Crippen LogP contribution in [0.4, 0.5) is 0 Å². The van der Waals surface area contributed by atoms with Crippen LogP contribution in [0.3, 0.4) is 0 Å². The second-order valence-corrected chi connectivity index (χ2v) is 6.74. The Morgan fingerprint density at radius 1 is 1.28 bits per heavy atom. The average Bonchev–Trinajstić information content (AvgIpc) is 3.26. The van der Waals surface area contributed by atoms with Gasteiger partial charge in [-0.15, -0.1) is 0 Å². The number of benzene rings is 1. The standard InChI is InChI=1S/C19H23N5O/c1-14-12-20-22-19(14)17-8-4-5-10-23(17)18(25)9-11-24-16-7-3-2-6-15(16)13-21-24/h2-3,6-7,12-13,17H,4-5,8-11H2,1H3,(H,20,22)/t17-/m1/s1. The van der Waals surface area contributed by atoms with Crippen molar-refractivity contribution >= 4 is 16.8 Å². The second-order valence-electron chi connectivity index (χ2n) is 6.74. The highest BCUT2D eigenvalue weighted by molar-refractivity contribution is 5.79. The summed E-state index contributed by atoms with van der Waals surface area (Å²) in [6, 6.07) is 8.22. The molecule has 0 saturated carbocycles. The zero-order valence-electron chi connectivity index (χ0n) is 14.5. The van der Waals surface area contributed by atoms with Crippen molar-refractivity contribution in [1.29, 1.82) is 0 Å². The molecule has 0 bridgehead atoms. The molecule has 0 radical (unpaired) electrons. The number of aromatic amines is 1. The third kappa shape index (κ3) is 3.04. The van der Waals surface area contributed by atoms with E-state index in [9.17, 15) is 4.79 Å². The lowest BCUT2D eigenvalue weighted by molar-refractivity contribution is -0.135. The number of hydrogen-bond acceptors (Lipinski definition) is 3. The van der Waals surface area contributed by atoms with Gasteiger partial charge in [-0.1, -0.05) is 18.2 Å². The fourth-order valence-electron chi connectivity index (χ4n) is 3.77. The number of carbonyl (C=O) groups excluding carboxylic acids is 1. The Balaban J connectivity index is 1.48. The van der Waals surface area contributed by atoms with E-state index in [4.69, 9.17) is 0 Å². The number of aromatic nitrogens is 4. The van der Waals surface area contributed by atoms with E-state index in [1.807, 2.05) is 53.2 Å². The van der Waals surface area contributed by atoms with Crippen molar-refractivity contribution < 1.29 is 4.79 Å². The SMILES string of the molecule is Cc1cn[nH]c1[C@H]1CCCCN1C(=O)CCn1ncc2ccccc21. The highest BCUT2D eigenvalue weighted by atomic mass is 16.2. The Labute approximate surface area is 146 Å². The van der Waals surface area contributed by atoms with E-state index in [-0.39, 0.29) is 11.9 Å². The number of likely N-dealkylation sites (tertiary alicyclic amines) is 1. The summed E-state index contributed by atoms with van der Waals surface area (Å²) in [6.45, 7) is 3.48. The van der Waals surface area contributed by atoms with Gasteiger partial charge in [0, 0.05) is 18.4 Å². The molecule has 25 heavy (non-hydrogen) atoms. The average molecular weight is 337 g/mol. The van der Waals surface area contributed by atoms with E-state index >= 15 is 0 Å². The summed E-state index contributed by atoms with van der Waals surface area (Å²) in [5, 5.41) is 12.8. The van der Waals surface area contributed by atoms with E-state index in [0.717, 1.165) is 48.0 Å². The minimum Gasteiger partial charge on any atom is -0.334 e. The summed E-state index contributed by atoms with van der Waals surface area (Å²) < 4.78 is 1.92. The highest BCUT2D eigenvalue weighted by Crippen LogP contribution is 2.31. The summed E-state index contributed by atoms with van der Waals surface area (Å²) in [6.07, 6.45) is 7.38. The van der Waals surface area contributed by atoms with Crippen LogP contribution < -0.4 is 0 Å². The zero-order valence-corrected chi connectivity index (χ0v) is 14.5. The van der Waals surface area contributed by atoms with Crippen LogP contribution in [0.25, 0.3) is 10.9 Å². The Morgan fingerprint density at radius 3 is 3.00 bits per heavy atom. The molecule has 1 fully saturated rings. The largest absolute Gasteiger partial charge is 0.334 e. The molecule has 1 atom stereocenters. The van der Waals surface area contributed by atoms with Crippen LogP contribution in [0.1, 0.15) is 43.0 Å². The second kappa shape index (κ2) is 6.70. The predicted octanol–water partition coefficient (Wildman–Crippen LogP) is 3.21. The van der Waals surface area contributed by atoms with Gasteiger partial charge in [0.25, 0.3) is 0 Å². The van der Waals surface area contributed by atoms with Gasteiger partial charge in [-0.25, -0.2) is 0 Å². The molecule has 6 nitrogen and oxygen atoms in total. The van der Waals surface area contributed by atoms with Crippen LogP contribution in [0.2, 0.25) is 0 Å². The Morgan fingerprint density at radius 2 is 2.16 bits per heavy atom. The third-order valence-electron chi connectivity index (χ3n) is 5.11. The third-order valence-corrected chi connectivity index (χ3v) is 5.11. The molecule has 0 aliphatic carbocycles. The van der Waals surface area contributed by atoms with Gasteiger partial charge in [-0.2, -0.15) is 10.2 Å². The zero-order chi connectivity index (χ0) is 17.2. The number of piperidine rings is 1. The number of nitrogens with one attached hydrogen (secondary N) is 1. The first kappa shape index (κ1) is 15.9. The van der Waals surface area contributed by atoms with Crippen molar-refractivity contribution in [1.82, 2.24) is 24.9 Å². The smallest absolute Gasteiger partial charge is 0.224 e. The topological polar surface area (TPSA) is 66.8 Å². The van der Waals surface area contributed by atoms with E-state index in [0.29, 0.717) is 13.0 Å². The molecule has 130 valence electrons. The van der Waals surface area contributed by atoms with Crippen molar-refractivity contribution in [3.8, 4) is 0 Å². The fraction of sp³-hybridized carbons (Fsp3) is 0.421. The normalized spacial score (nSPS) is 18.0. The molecule has 4 rings (SSSR count). The van der Waals surface area contributed by atoms with E-state index in [1.54, 1.807) is 0 Å². The molecular formula is C19H23N5O. The molecule has 1 aliphatic rings. The minimum atomic E-state index is 0.123. The fourth-order valence-corrected chi connectivity index (χ4v) is 3.77. The van der Waals surface area contributed by atoms with Crippen LogP contribution >= 0.6 is 0 Å². The molecule has 1 saturated heterocycles. The van der Waals surface area contributed by atoms with E-state index in [1.165, 1.54) is 0 Å². The Hall–Kier alpha value is -2.63. The summed E-state index contributed by atoms with van der Waals surface area (Å²) in [7, 11) is 0. The Bertz CT molecular complexity index is 881. The van der Waals surface area contributed by atoms with Crippen LogP contribution in [-0.4, -0.2) is 37.3 Å². The van der Waals surface area contributed by atoms with Crippen molar-refractivity contribution in [2.45, 2.75) is 45.2 Å². The lowest BCUT2D eigenvalue weighted by Gasteiger charge is -2.35. The lowest BCUT2D eigenvalue weighted by atomic mass is 9.97. The first-order chi connectivity index (χ1) is 12.2. The number of fused-ring (bicyclic) bond motifs is 1. The van der Waals surface area contributed by atoms with Crippen molar-refractivity contribution in [2.75, 3.05) is 6.54 Å². The monoisotopic (exact) mass is 337 g/mol. The molecule has 1 aromatic carbocycles. The summed E-state index contributed by atoms with van der Waals surface area (Å²) >= 11 is 0. The van der Waals surface area contributed by atoms with Gasteiger partial charge in [-0.05, 0) is 37.8 Å². The van der Waals surface area contributed by atoms with Crippen LogP contribution in [0.5, 0.6) is 0 Å². The number of aryl methyl sites for hydroxylation is 2. The molecule has 1 amide bonds. The number of rotatable bonds is 4. The van der Waals surface area contributed by atoms with Crippen molar-refractivity contribution in [3.05, 3.63) is 47.9 Å². The van der Waals surface area contributed by atoms with Gasteiger partial charge in [-0.3, -0.25) is 14.6 Å².